The topological polar surface area (TPSA) is 69.1 Å². The van der Waals surface area contributed by atoms with Gasteiger partial charge in [-0.15, -0.1) is 0 Å². The first-order valence-electron chi connectivity index (χ1n) is 7.15. The highest BCUT2D eigenvalue weighted by molar-refractivity contribution is 6.33. The number of oxime groups is 1. The van der Waals surface area contributed by atoms with Crippen LogP contribution in [0.25, 0.3) is 0 Å². The average molecular weight is 367 g/mol. The van der Waals surface area contributed by atoms with Gasteiger partial charge in [0.25, 0.3) is 5.91 Å². The number of nitrogens with one attached hydrogen (secondary N) is 1. The minimum Gasteiger partial charge on any atom is -0.497 e. The third-order valence-corrected chi connectivity index (χ3v) is 3.42. The lowest BCUT2D eigenvalue weighted by Crippen LogP contribution is -2.17. The quantitative estimate of drug-likeness (QED) is 0.601. The minimum absolute atomic E-state index is 0.0953. The second kappa shape index (κ2) is 8.89. The maximum atomic E-state index is 13.0. The van der Waals surface area contributed by atoms with E-state index in [9.17, 15) is 9.18 Å². The molecule has 0 saturated heterocycles. The van der Waals surface area contributed by atoms with Gasteiger partial charge in [-0.1, -0.05) is 16.8 Å². The molecule has 0 aliphatic carbocycles. The predicted molar refractivity (Wildman–Crippen MR) is 93.1 cm³/mol. The van der Waals surface area contributed by atoms with Crippen LogP contribution in [0.15, 0.2) is 41.6 Å². The van der Waals surface area contributed by atoms with Crippen LogP contribution in [-0.4, -0.2) is 32.9 Å². The van der Waals surface area contributed by atoms with Gasteiger partial charge in [0.05, 0.1) is 31.1 Å². The van der Waals surface area contributed by atoms with Gasteiger partial charge in [0.1, 0.15) is 17.3 Å². The van der Waals surface area contributed by atoms with Crippen LogP contribution in [0.4, 0.5) is 10.1 Å². The molecule has 2 aromatic rings. The molecule has 0 unspecified atom stereocenters. The molecule has 2 aromatic carbocycles. The van der Waals surface area contributed by atoms with Crippen molar-refractivity contribution >= 4 is 29.4 Å². The van der Waals surface area contributed by atoms with E-state index >= 15 is 0 Å². The number of halogens is 2. The fourth-order valence-electron chi connectivity index (χ4n) is 1.91. The summed E-state index contributed by atoms with van der Waals surface area (Å²) in [4.78, 5) is 16.7. The van der Waals surface area contributed by atoms with Crippen molar-refractivity contribution in [1.29, 1.82) is 0 Å². The van der Waals surface area contributed by atoms with Crippen LogP contribution < -0.4 is 14.8 Å². The molecule has 0 aromatic heterocycles. The molecular formula is C17H16ClFN2O4. The molecule has 0 aliphatic heterocycles. The van der Waals surface area contributed by atoms with Crippen molar-refractivity contribution in [2.45, 2.75) is 0 Å². The molecule has 132 valence electrons. The second-order valence-electron chi connectivity index (χ2n) is 4.79. The van der Waals surface area contributed by atoms with E-state index in [4.69, 9.17) is 25.9 Å². The van der Waals surface area contributed by atoms with Crippen LogP contribution in [0.2, 0.25) is 5.02 Å². The molecule has 0 heterocycles. The molecular weight excluding hydrogens is 351 g/mol. The Labute approximate surface area is 149 Å². The first-order chi connectivity index (χ1) is 12.0. The van der Waals surface area contributed by atoms with E-state index in [0.29, 0.717) is 17.1 Å². The third kappa shape index (κ3) is 5.36. The van der Waals surface area contributed by atoms with Gasteiger partial charge < -0.3 is 19.6 Å². The van der Waals surface area contributed by atoms with E-state index in [1.807, 2.05) is 0 Å². The number of amides is 1. The van der Waals surface area contributed by atoms with Gasteiger partial charge in [-0.05, 0) is 36.4 Å². The summed E-state index contributed by atoms with van der Waals surface area (Å²) in [5, 5.41) is 6.32. The smallest absolute Gasteiger partial charge is 0.265 e. The SMILES string of the molecule is COc1ccc(OC)c(/C=N\OCC(=O)Nc2ccc(F)cc2Cl)c1. The highest BCUT2D eigenvalue weighted by Crippen LogP contribution is 2.23. The van der Waals surface area contributed by atoms with E-state index < -0.39 is 11.7 Å². The van der Waals surface area contributed by atoms with Gasteiger partial charge in [-0.2, -0.15) is 0 Å². The zero-order valence-electron chi connectivity index (χ0n) is 13.6. The van der Waals surface area contributed by atoms with Gasteiger partial charge >= 0.3 is 0 Å². The summed E-state index contributed by atoms with van der Waals surface area (Å²) < 4.78 is 23.3. The molecule has 2 rings (SSSR count). The van der Waals surface area contributed by atoms with Gasteiger partial charge in [0.2, 0.25) is 0 Å². The molecule has 0 atom stereocenters. The fraction of sp³-hybridized carbons (Fsp3) is 0.176. The van der Waals surface area contributed by atoms with Gasteiger partial charge in [0, 0.05) is 5.56 Å². The van der Waals surface area contributed by atoms with Crippen molar-refractivity contribution in [3.05, 3.63) is 52.8 Å². The van der Waals surface area contributed by atoms with Gasteiger partial charge in [-0.25, -0.2) is 4.39 Å². The Balaban J connectivity index is 1.91. The van der Waals surface area contributed by atoms with Crippen molar-refractivity contribution in [2.24, 2.45) is 5.16 Å². The van der Waals surface area contributed by atoms with Crippen molar-refractivity contribution in [2.75, 3.05) is 26.1 Å². The monoisotopic (exact) mass is 366 g/mol. The fourth-order valence-corrected chi connectivity index (χ4v) is 2.12. The second-order valence-corrected chi connectivity index (χ2v) is 5.20. The van der Waals surface area contributed by atoms with Crippen LogP contribution >= 0.6 is 11.6 Å². The number of hydrogen-bond donors (Lipinski definition) is 1. The Morgan fingerprint density at radius 2 is 2.04 bits per heavy atom. The zero-order valence-corrected chi connectivity index (χ0v) is 14.3. The van der Waals surface area contributed by atoms with Gasteiger partial charge in [-0.3, -0.25) is 4.79 Å². The summed E-state index contributed by atoms with van der Waals surface area (Å²) in [7, 11) is 3.07. The third-order valence-electron chi connectivity index (χ3n) is 3.10. The van der Waals surface area contributed by atoms with E-state index in [1.165, 1.54) is 25.5 Å². The first kappa shape index (κ1) is 18.5. The molecule has 0 spiro atoms. The van der Waals surface area contributed by atoms with E-state index in [0.717, 1.165) is 6.07 Å². The maximum Gasteiger partial charge on any atom is 0.265 e. The summed E-state index contributed by atoms with van der Waals surface area (Å²) in [6.07, 6.45) is 1.40. The molecule has 0 saturated carbocycles. The molecule has 0 aliphatic rings. The summed E-state index contributed by atoms with van der Waals surface area (Å²) in [5.74, 6) is 0.237. The summed E-state index contributed by atoms with van der Waals surface area (Å²) >= 11 is 5.83. The molecule has 25 heavy (non-hydrogen) atoms. The molecule has 1 amide bonds. The Morgan fingerprint density at radius 1 is 1.24 bits per heavy atom. The standard InChI is InChI=1S/C17H16ClFN2O4/c1-23-13-4-6-16(24-2)11(7-13)9-20-25-10-17(22)21-15-5-3-12(19)8-14(15)18/h3-9H,10H2,1-2H3,(H,21,22)/b20-9-. The number of rotatable bonds is 7. The minimum atomic E-state index is -0.490. The zero-order chi connectivity index (χ0) is 18.2. The lowest BCUT2D eigenvalue weighted by atomic mass is 10.2. The van der Waals surface area contributed by atoms with Crippen LogP contribution in [0.3, 0.4) is 0 Å². The van der Waals surface area contributed by atoms with Crippen LogP contribution in [0, 0.1) is 5.82 Å². The highest BCUT2D eigenvalue weighted by Gasteiger charge is 2.07. The van der Waals surface area contributed by atoms with Crippen molar-refractivity contribution in [3.8, 4) is 11.5 Å². The number of methoxy groups -OCH3 is 2. The molecule has 0 bridgehead atoms. The Bertz CT molecular complexity index is 783. The summed E-state index contributed by atoms with van der Waals surface area (Å²) in [6.45, 7) is -0.337. The number of hydrogen-bond acceptors (Lipinski definition) is 5. The molecule has 8 heteroatoms. The lowest BCUT2D eigenvalue weighted by Gasteiger charge is -2.07. The highest BCUT2D eigenvalue weighted by atomic mass is 35.5. The molecule has 6 nitrogen and oxygen atoms in total. The maximum absolute atomic E-state index is 13.0. The largest absolute Gasteiger partial charge is 0.497 e. The predicted octanol–water partition coefficient (Wildman–Crippen LogP) is 3.49. The normalized spacial score (nSPS) is 10.6. The number of ether oxygens (including phenoxy) is 2. The number of carbonyl (C=O) groups is 1. The lowest BCUT2D eigenvalue weighted by molar-refractivity contribution is -0.120. The molecule has 0 fully saturated rings. The Kier molecular flexibility index (Phi) is 6.59. The van der Waals surface area contributed by atoms with E-state index in [1.54, 1.807) is 25.3 Å². The van der Waals surface area contributed by atoms with Crippen LogP contribution in [0.5, 0.6) is 11.5 Å². The number of benzene rings is 2. The first-order valence-corrected chi connectivity index (χ1v) is 7.53. The van der Waals surface area contributed by atoms with Crippen molar-refractivity contribution < 1.29 is 23.5 Å². The number of nitrogens with zero attached hydrogens (tertiary/aromatic N) is 1. The average Bonchev–Trinajstić information content (AvgIpc) is 2.61. The summed E-state index contributed by atoms with van der Waals surface area (Å²) in [6, 6.07) is 8.84. The molecule has 0 radical (unpaired) electrons. The van der Waals surface area contributed by atoms with Crippen molar-refractivity contribution in [3.63, 3.8) is 0 Å². The van der Waals surface area contributed by atoms with E-state index in [-0.39, 0.29) is 17.3 Å². The molecule has 1 N–H and O–H groups in total. The van der Waals surface area contributed by atoms with Crippen molar-refractivity contribution in [1.82, 2.24) is 0 Å². The Morgan fingerprint density at radius 3 is 2.72 bits per heavy atom. The van der Waals surface area contributed by atoms with Crippen LogP contribution in [-0.2, 0) is 9.63 Å². The Hall–Kier alpha value is -2.80. The summed E-state index contributed by atoms with van der Waals surface area (Å²) in [5.41, 5.74) is 0.916. The van der Waals surface area contributed by atoms with E-state index in [2.05, 4.69) is 10.5 Å². The number of anilines is 1. The number of carbonyl (C=O) groups excluding carboxylic acids is 1. The van der Waals surface area contributed by atoms with Crippen LogP contribution in [0.1, 0.15) is 5.56 Å². The van der Waals surface area contributed by atoms with Gasteiger partial charge in [0.15, 0.2) is 6.61 Å².